The SMILES string of the molecule is CCCNC(=O)NCCC1c2c(ccc3ccccc23)OC1O. The molecule has 122 valence electrons. The fraction of sp³-hybridized carbons (Fsp3) is 0.389. The van der Waals surface area contributed by atoms with Crippen molar-refractivity contribution in [1.82, 2.24) is 10.6 Å². The number of amides is 2. The standard InChI is InChI=1S/C18H22N2O3/c1-2-10-19-18(22)20-11-9-14-16-13-6-4-3-5-12(13)7-8-15(16)23-17(14)21/h3-8,14,17,21H,2,9-11H2,1H3,(H2,19,20,22). The van der Waals surface area contributed by atoms with E-state index >= 15 is 0 Å². The second-order valence-corrected chi connectivity index (χ2v) is 5.78. The van der Waals surface area contributed by atoms with Gasteiger partial charge in [0.1, 0.15) is 5.75 Å². The van der Waals surface area contributed by atoms with Crippen molar-refractivity contribution in [2.75, 3.05) is 13.1 Å². The van der Waals surface area contributed by atoms with Crippen LogP contribution in [0.4, 0.5) is 4.79 Å². The zero-order chi connectivity index (χ0) is 16.2. The van der Waals surface area contributed by atoms with Gasteiger partial charge in [-0.15, -0.1) is 0 Å². The highest BCUT2D eigenvalue weighted by molar-refractivity contribution is 5.88. The molecule has 2 unspecified atom stereocenters. The molecule has 2 atom stereocenters. The van der Waals surface area contributed by atoms with Crippen molar-refractivity contribution in [2.24, 2.45) is 0 Å². The number of ether oxygens (including phenoxy) is 1. The van der Waals surface area contributed by atoms with E-state index in [1.807, 2.05) is 43.3 Å². The van der Waals surface area contributed by atoms with Crippen LogP contribution in [0.5, 0.6) is 5.75 Å². The van der Waals surface area contributed by atoms with Gasteiger partial charge in [0.05, 0.1) is 5.92 Å². The smallest absolute Gasteiger partial charge is 0.314 e. The molecule has 5 nitrogen and oxygen atoms in total. The highest BCUT2D eigenvalue weighted by atomic mass is 16.6. The minimum atomic E-state index is -0.865. The van der Waals surface area contributed by atoms with Crippen LogP contribution in [0.3, 0.4) is 0 Å². The Kier molecular flexibility index (Phi) is 4.67. The van der Waals surface area contributed by atoms with E-state index < -0.39 is 6.29 Å². The van der Waals surface area contributed by atoms with Crippen molar-refractivity contribution in [1.29, 1.82) is 0 Å². The zero-order valence-electron chi connectivity index (χ0n) is 13.2. The van der Waals surface area contributed by atoms with Gasteiger partial charge in [0.2, 0.25) is 6.29 Å². The highest BCUT2D eigenvalue weighted by Gasteiger charge is 2.34. The van der Waals surface area contributed by atoms with Crippen LogP contribution in [0.1, 0.15) is 31.2 Å². The maximum atomic E-state index is 11.6. The molecule has 3 rings (SSSR count). The molecule has 5 heteroatoms. The molecule has 2 aromatic rings. The fourth-order valence-corrected chi connectivity index (χ4v) is 3.04. The second kappa shape index (κ2) is 6.87. The van der Waals surface area contributed by atoms with Gasteiger partial charge in [-0.2, -0.15) is 0 Å². The Labute approximate surface area is 135 Å². The lowest BCUT2D eigenvalue weighted by molar-refractivity contribution is -0.0195. The molecule has 1 aliphatic rings. The minimum Gasteiger partial charge on any atom is -0.464 e. The zero-order valence-corrected chi connectivity index (χ0v) is 13.2. The van der Waals surface area contributed by atoms with E-state index in [-0.39, 0.29) is 11.9 Å². The number of rotatable bonds is 5. The second-order valence-electron chi connectivity index (χ2n) is 5.78. The van der Waals surface area contributed by atoms with E-state index in [0.717, 1.165) is 28.5 Å². The molecule has 2 aromatic carbocycles. The van der Waals surface area contributed by atoms with Gasteiger partial charge >= 0.3 is 6.03 Å². The third-order valence-electron chi connectivity index (χ3n) is 4.17. The van der Waals surface area contributed by atoms with Crippen LogP contribution in [0.2, 0.25) is 0 Å². The number of hydrogen-bond acceptors (Lipinski definition) is 3. The summed E-state index contributed by atoms with van der Waals surface area (Å²) in [4.78, 5) is 11.6. The Balaban J connectivity index is 1.72. The normalized spacial score (nSPS) is 19.2. The molecule has 23 heavy (non-hydrogen) atoms. The Bertz CT molecular complexity index is 702. The summed E-state index contributed by atoms with van der Waals surface area (Å²) in [6, 6.07) is 11.8. The summed E-state index contributed by atoms with van der Waals surface area (Å²) in [7, 11) is 0. The molecule has 0 radical (unpaired) electrons. The molecule has 0 spiro atoms. The van der Waals surface area contributed by atoms with E-state index in [1.165, 1.54) is 0 Å². The van der Waals surface area contributed by atoms with Crippen molar-refractivity contribution in [3.05, 3.63) is 42.0 Å². The van der Waals surface area contributed by atoms with Crippen LogP contribution in [0.25, 0.3) is 10.8 Å². The molecule has 0 aliphatic carbocycles. The fourth-order valence-electron chi connectivity index (χ4n) is 3.04. The first-order chi connectivity index (χ1) is 11.2. The number of carbonyl (C=O) groups is 1. The van der Waals surface area contributed by atoms with Crippen molar-refractivity contribution in [3.63, 3.8) is 0 Å². The van der Waals surface area contributed by atoms with Crippen LogP contribution in [0, 0.1) is 0 Å². The van der Waals surface area contributed by atoms with Gasteiger partial charge in [0, 0.05) is 18.7 Å². The summed E-state index contributed by atoms with van der Waals surface area (Å²) in [5.41, 5.74) is 1.03. The van der Waals surface area contributed by atoms with Gasteiger partial charge in [0.25, 0.3) is 0 Å². The van der Waals surface area contributed by atoms with E-state index in [1.54, 1.807) is 0 Å². The van der Waals surface area contributed by atoms with Crippen molar-refractivity contribution in [2.45, 2.75) is 32.0 Å². The summed E-state index contributed by atoms with van der Waals surface area (Å²) < 4.78 is 5.58. The van der Waals surface area contributed by atoms with Crippen LogP contribution < -0.4 is 15.4 Å². The van der Waals surface area contributed by atoms with Crippen molar-refractivity contribution in [3.8, 4) is 5.75 Å². The van der Waals surface area contributed by atoms with Gasteiger partial charge < -0.3 is 20.5 Å². The van der Waals surface area contributed by atoms with E-state index in [2.05, 4.69) is 10.6 Å². The number of hydrogen-bond donors (Lipinski definition) is 3. The predicted octanol–water partition coefficient (Wildman–Crippen LogP) is 2.73. The topological polar surface area (TPSA) is 70.6 Å². The minimum absolute atomic E-state index is 0.137. The molecular formula is C18H22N2O3. The Morgan fingerprint density at radius 2 is 1.96 bits per heavy atom. The predicted molar refractivity (Wildman–Crippen MR) is 89.6 cm³/mol. The molecule has 0 saturated heterocycles. The Morgan fingerprint density at radius 3 is 2.78 bits per heavy atom. The summed E-state index contributed by atoms with van der Waals surface area (Å²) in [6.45, 7) is 3.16. The van der Waals surface area contributed by atoms with Gasteiger partial charge in [-0.3, -0.25) is 0 Å². The number of carbonyl (C=O) groups excluding carboxylic acids is 1. The van der Waals surface area contributed by atoms with Gasteiger partial charge in [0.15, 0.2) is 0 Å². The van der Waals surface area contributed by atoms with Crippen molar-refractivity contribution < 1.29 is 14.6 Å². The molecule has 1 heterocycles. The summed E-state index contributed by atoms with van der Waals surface area (Å²) in [5.74, 6) is 0.596. The Hall–Kier alpha value is -2.27. The molecule has 1 aliphatic heterocycles. The molecule has 0 fully saturated rings. The lowest BCUT2D eigenvalue weighted by Crippen LogP contribution is -2.37. The highest BCUT2D eigenvalue weighted by Crippen LogP contribution is 2.43. The largest absolute Gasteiger partial charge is 0.464 e. The molecule has 0 bridgehead atoms. The summed E-state index contributed by atoms with van der Waals surface area (Å²) in [6.07, 6.45) is 0.667. The number of benzene rings is 2. The first-order valence-electron chi connectivity index (χ1n) is 8.08. The molecule has 0 aromatic heterocycles. The van der Waals surface area contributed by atoms with Crippen LogP contribution in [-0.2, 0) is 0 Å². The average Bonchev–Trinajstić information content (AvgIpc) is 2.89. The third kappa shape index (κ3) is 3.24. The van der Waals surface area contributed by atoms with E-state index in [9.17, 15) is 9.90 Å². The number of fused-ring (bicyclic) bond motifs is 3. The first kappa shape index (κ1) is 15.6. The average molecular weight is 314 g/mol. The third-order valence-corrected chi connectivity index (χ3v) is 4.17. The van der Waals surface area contributed by atoms with Crippen molar-refractivity contribution >= 4 is 16.8 Å². The number of aliphatic hydroxyl groups is 1. The van der Waals surface area contributed by atoms with E-state index in [4.69, 9.17) is 4.74 Å². The number of urea groups is 1. The van der Waals surface area contributed by atoms with Crippen LogP contribution in [0.15, 0.2) is 36.4 Å². The van der Waals surface area contributed by atoms with Gasteiger partial charge in [-0.05, 0) is 29.7 Å². The molecule has 2 amide bonds. The summed E-state index contributed by atoms with van der Waals surface area (Å²) >= 11 is 0. The molecule has 0 saturated carbocycles. The maximum Gasteiger partial charge on any atom is 0.314 e. The quantitative estimate of drug-likeness (QED) is 0.795. The lowest BCUT2D eigenvalue weighted by Gasteiger charge is -2.15. The lowest BCUT2D eigenvalue weighted by atomic mass is 9.91. The molecular weight excluding hydrogens is 292 g/mol. The summed E-state index contributed by atoms with van der Waals surface area (Å²) in [5, 5.41) is 18.1. The first-order valence-corrected chi connectivity index (χ1v) is 8.08. The van der Waals surface area contributed by atoms with Gasteiger partial charge in [-0.25, -0.2) is 4.79 Å². The van der Waals surface area contributed by atoms with E-state index in [0.29, 0.717) is 19.5 Å². The van der Waals surface area contributed by atoms with Crippen LogP contribution in [-0.4, -0.2) is 30.5 Å². The molecule has 3 N–H and O–H groups in total. The number of aliphatic hydroxyl groups excluding tert-OH is 1. The van der Waals surface area contributed by atoms with Gasteiger partial charge in [-0.1, -0.05) is 37.3 Å². The monoisotopic (exact) mass is 314 g/mol. The van der Waals surface area contributed by atoms with Crippen LogP contribution >= 0.6 is 0 Å². The Morgan fingerprint density at radius 1 is 1.17 bits per heavy atom. The number of nitrogens with one attached hydrogen (secondary N) is 2. The maximum absolute atomic E-state index is 11.6.